The molecule has 0 saturated heterocycles. The van der Waals surface area contributed by atoms with Gasteiger partial charge in [0, 0.05) is 10.6 Å². The van der Waals surface area contributed by atoms with Crippen molar-refractivity contribution in [3.63, 3.8) is 0 Å². The molecule has 0 aliphatic carbocycles. The van der Waals surface area contributed by atoms with E-state index >= 15 is 0 Å². The number of benzene rings is 3. The SMILES string of the molecule is Cc1c(C(=O)Nc2cnn(COc3cccc(Cl)c3)c2)c(-c2ccccc2)nn1-c1ccccc1. The van der Waals surface area contributed by atoms with Crippen LogP contribution >= 0.6 is 11.6 Å². The number of anilines is 1. The highest BCUT2D eigenvalue weighted by molar-refractivity contribution is 6.30. The van der Waals surface area contributed by atoms with E-state index in [1.807, 2.05) is 79.7 Å². The van der Waals surface area contributed by atoms with Gasteiger partial charge in [-0.05, 0) is 37.3 Å². The molecule has 5 aromatic rings. The highest BCUT2D eigenvalue weighted by atomic mass is 35.5. The van der Waals surface area contributed by atoms with Crippen LogP contribution in [0.25, 0.3) is 16.9 Å². The zero-order valence-electron chi connectivity index (χ0n) is 18.9. The summed E-state index contributed by atoms with van der Waals surface area (Å²) in [5, 5.41) is 12.6. The molecule has 174 valence electrons. The van der Waals surface area contributed by atoms with Crippen LogP contribution in [0, 0.1) is 6.92 Å². The summed E-state index contributed by atoms with van der Waals surface area (Å²) < 4.78 is 9.10. The Morgan fingerprint density at radius 1 is 1.00 bits per heavy atom. The first kappa shape index (κ1) is 22.4. The maximum Gasteiger partial charge on any atom is 0.259 e. The first-order valence-electron chi connectivity index (χ1n) is 11.0. The maximum absolute atomic E-state index is 13.5. The van der Waals surface area contributed by atoms with Crippen LogP contribution in [0.1, 0.15) is 16.1 Å². The summed E-state index contributed by atoms with van der Waals surface area (Å²) in [4.78, 5) is 13.5. The van der Waals surface area contributed by atoms with Crippen molar-refractivity contribution in [2.75, 3.05) is 5.32 Å². The number of carbonyl (C=O) groups excluding carboxylic acids is 1. The Kier molecular flexibility index (Phi) is 6.32. The van der Waals surface area contributed by atoms with Crippen molar-refractivity contribution >= 4 is 23.2 Å². The molecule has 0 bridgehead atoms. The van der Waals surface area contributed by atoms with Crippen LogP contribution < -0.4 is 10.1 Å². The second-order valence-corrected chi connectivity index (χ2v) is 8.31. The molecule has 0 aliphatic rings. The Hall–Kier alpha value is -4.36. The Morgan fingerprint density at radius 3 is 2.49 bits per heavy atom. The van der Waals surface area contributed by atoms with Gasteiger partial charge in [-0.25, -0.2) is 9.36 Å². The normalized spacial score (nSPS) is 10.8. The fourth-order valence-electron chi connectivity index (χ4n) is 3.78. The predicted octanol–water partition coefficient (Wildman–Crippen LogP) is 5.99. The van der Waals surface area contributed by atoms with Crippen LogP contribution in [0.4, 0.5) is 5.69 Å². The number of aromatic nitrogens is 4. The molecule has 7 nitrogen and oxygen atoms in total. The van der Waals surface area contributed by atoms with Gasteiger partial charge in [0.2, 0.25) is 0 Å². The predicted molar refractivity (Wildman–Crippen MR) is 136 cm³/mol. The van der Waals surface area contributed by atoms with E-state index in [1.165, 1.54) is 0 Å². The fraction of sp³-hybridized carbons (Fsp3) is 0.0741. The first-order chi connectivity index (χ1) is 17.1. The summed E-state index contributed by atoms with van der Waals surface area (Å²) in [5.41, 5.74) is 4.15. The smallest absolute Gasteiger partial charge is 0.259 e. The van der Waals surface area contributed by atoms with Crippen molar-refractivity contribution in [3.8, 4) is 22.7 Å². The van der Waals surface area contributed by atoms with E-state index in [0.29, 0.717) is 27.7 Å². The average Bonchev–Trinajstić information content (AvgIpc) is 3.47. The third-order valence-corrected chi connectivity index (χ3v) is 5.68. The Bertz CT molecular complexity index is 1460. The molecular weight excluding hydrogens is 462 g/mol. The lowest BCUT2D eigenvalue weighted by atomic mass is 10.1. The van der Waals surface area contributed by atoms with Crippen molar-refractivity contribution in [2.45, 2.75) is 13.7 Å². The number of nitrogens with one attached hydrogen (secondary N) is 1. The van der Waals surface area contributed by atoms with Crippen LogP contribution in [0.5, 0.6) is 5.75 Å². The molecule has 0 fully saturated rings. The second kappa shape index (κ2) is 9.87. The number of para-hydroxylation sites is 1. The van der Waals surface area contributed by atoms with Crippen molar-refractivity contribution in [3.05, 3.63) is 114 Å². The van der Waals surface area contributed by atoms with Gasteiger partial charge in [0.25, 0.3) is 5.91 Å². The number of halogens is 1. The highest BCUT2D eigenvalue weighted by Gasteiger charge is 2.23. The monoisotopic (exact) mass is 483 g/mol. The van der Waals surface area contributed by atoms with Crippen LogP contribution in [0.15, 0.2) is 97.3 Å². The van der Waals surface area contributed by atoms with E-state index < -0.39 is 0 Å². The van der Waals surface area contributed by atoms with Gasteiger partial charge >= 0.3 is 0 Å². The van der Waals surface area contributed by atoms with Gasteiger partial charge in [-0.3, -0.25) is 4.79 Å². The molecule has 35 heavy (non-hydrogen) atoms. The summed E-state index contributed by atoms with van der Waals surface area (Å²) >= 11 is 6.00. The molecule has 5 rings (SSSR count). The second-order valence-electron chi connectivity index (χ2n) is 7.88. The van der Waals surface area contributed by atoms with Crippen molar-refractivity contribution in [2.24, 2.45) is 0 Å². The Labute approximate surface area is 207 Å². The minimum absolute atomic E-state index is 0.177. The summed E-state index contributed by atoms with van der Waals surface area (Å²) in [6.45, 7) is 2.07. The quantitative estimate of drug-likeness (QED) is 0.309. The molecule has 0 unspecified atom stereocenters. The first-order valence-corrected chi connectivity index (χ1v) is 11.4. The fourth-order valence-corrected chi connectivity index (χ4v) is 3.96. The van der Waals surface area contributed by atoms with E-state index in [1.54, 1.807) is 33.9 Å². The van der Waals surface area contributed by atoms with Crippen molar-refractivity contribution in [1.82, 2.24) is 19.6 Å². The average molecular weight is 484 g/mol. The van der Waals surface area contributed by atoms with Crippen molar-refractivity contribution in [1.29, 1.82) is 0 Å². The standard InChI is InChI=1S/C27H22ClN5O2/c1-19-25(26(20-9-4-2-5-10-20)31-33(19)23-12-6-3-7-13-23)27(34)30-22-16-29-32(17-22)18-35-24-14-8-11-21(28)15-24/h2-17H,18H2,1H3,(H,30,34). The van der Waals surface area contributed by atoms with E-state index in [-0.39, 0.29) is 12.6 Å². The van der Waals surface area contributed by atoms with Gasteiger partial charge < -0.3 is 10.1 Å². The van der Waals surface area contributed by atoms with Gasteiger partial charge in [0.15, 0.2) is 6.73 Å². The third-order valence-electron chi connectivity index (χ3n) is 5.44. The van der Waals surface area contributed by atoms with Gasteiger partial charge in [0.05, 0.1) is 35.0 Å². The molecule has 3 aromatic carbocycles. The summed E-state index contributed by atoms with van der Waals surface area (Å²) in [7, 11) is 0. The number of ether oxygens (including phenoxy) is 1. The molecule has 2 heterocycles. The zero-order chi connectivity index (χ0) is 24.2. The van der Waals surface area contributed by atoms with Crippen LogP contribution in [0.2, 0.25) is 5.02 Å². The Morgan fingerprint density at radius 2 is 1.74 bits per heavy atom. The number of carbonyl (C=O) groups is 1. The molecule has 0 aliphatic heterocycles. The molecule has 1 amide bonds. The molecule has 2 aromatic heterocycles. The molecule has 8 heteroatoms. The minimum atomic E-state index is -0.265. The summed E-state index contributed by atoms with van der Waals surface area (Å²) in [6, 6.07) is 26.6. The molecule has 0 atom stereocenters. The van der Waals surface area contributed by atoms with E-state index in [0.717, 1.165) is 16.9 Å². The largest absolute Gasteiger partial charge is 0.471 e. The molecular formula is C27H22ClN5O2. The molecule has 1 N–H and O–H groups in total. The zero-order valence-corrected chi connectivity index (χ0v) is 19.7. The molecule has 0 saturated carbocycles. The number of amides is 1. The van der Waals surface area contributed by atoms with Crippen molar-refractivity contribution < 1.29 is 9.53 Å². The number of hydrogen-bond acceptors (Lipinski definition) is 4. The number of nitrogens with zero attached hydrogens (tertiary/aromatic N) is 4. The van der Waals surface area contributed by atoms with Crippen LogP contribution in [0.3, 0.4) is 0 Å². The topological polar surface area (TPSA) is 74.0 Å². The van der Waals surface area contributed by atoms with Crippen LogP contribution in [-0.2, 0) is 6.73 Å². The van der Waals surface area contributed by atoms with Gasteiger partial charge in [0.1, 0.15) is 11.4 Å². The number of rotatable bonds is 7. The highest BCUT2D eigenvalue weighted by Crippen LogP contribution is 2.28. The Balaban J connectivity index is 1.40. The number of hydrogen-bond donors (Lipinski definition) is 1. The van der Waals surface area contributed by atoms with E-state index in [9.17, 15) is 4.79 Å². The lowest BCUT2D eigenvalue weighted by Crippen LogP contribution is -2.14. The van der Waals surface area contributed by atoms with Gasteiger partial charge in [-0.2, -0.15) is 10.2 Å². The van der Waals surface area contributed by atoms with E-state index in [4.69, 9.17) is 21.4 Å². The van der Waals surface area contributed by atoms with Gasteiger partial charge in [-0.1, -0.05) is 66.2 Å². The third kappa shape index (κ3) is 4.95. The molecule has 0 radical (unpaired) electrons. The summed E-state index contributed by atoms with van der Waals surface area (Å²) in [6.07, 6.45) is 3.29. The van der Waals surface area contributed by atoms with E-state index in [2.05, 4.69) is 10.4 Å². The minimum Gasteiger partial charge on any atom is -0.471 e. The lowest BCUT2D eigenvalue weighted by Gasteiger charge is -2.07. The van der Waals surface area contributed by atoms with Gasteiger partial charge in [-0.15, -0.1) is 0 Å². The lowest BCUT2D eigenvalue weighted by molar-refractivity contribution is 0.102. The molecule has 0 spiro atoms. The summed E-state index contributed by atoms with van der Waals surface area (Å²) in [5.74, 6) is 0.369. The van der Waals surface area contributed by atoms with Crippen LogP contribution in [-0.4, -0.2) is 25.5 Å². The maximum atomic E-state index is 13.5.